The number of primary sulfonamides is 1. The minimum Gasteiger partial charge on any atom is -0.508 e. The highest BCUT2D eigenvalue weighted by Crippen LogP contribution is 2.10. The van der Waals surface area contributed by atoms with Crippen molar-refractivity contribution in [3.8, 4) is 5.75 Å². The second-order valence-electron chi connectivity index (χ2n) is 3.57. The number of aromatic hydroxyl groups is 1. The van der Waals surface area contributed by atoms with Crippen LogP contribution in [0, 0.1) is 0 Å². The van der Waals surface area contributed by atoms with Crippen molar-refractivity contribution < 1.29 is 13.5 Å². The molecule has 16 heavy (non-hydrogen) atoms. The van der Waals surface area contributed by atoms with Gasteiger partial charge in [0.15, 0.2) is 0 Å². The summed E-state index contributed by atoms with van der Waals surface area (Å²) in [5.74, 6) is 0.212. The van der Waals surface area contributed by atoms with Gasteiger partial charge in [0, 0.05) is 6.54 Å². The van der Waals surface area contributed by atoms with Crippen molar-refractivity contribution in [2.24, 2.45) is 5.14 Å². The molecule has 0 aromatic heterocycles. The number of sulfonamides is 1. The number of phenolic OH excluding ortho intramolecular Hbond substituents is 1. The molecule has 0 amide bonds. The van der Waals surface area contributed by atoms with E-state index in [1.54, 1.807) is 18.2 Å². The highest BCUT2D eigenvalue weighted by molar-refractivity contribution is 7.89. The number of benzene rings is 1. The number of rotatable bonds is 6. The molecule has 90 valence electrons. The Morgan fingerprint density at radius 1 is 1.38 bits per heavy atom. The van der Waals surface area contributed by atoms with Crippen molar-refractivity contribution >= 4 is 10.0 Å². The van der Waals surface area contributed by atoms with Crippen LogP contribution in [0.25, 0.3) is 0 Å². The average Bonchev–Trinajstić information content (AvgIpc) is 2.15. The van der Waals surface area contributed by atoms with Crippen molar-refractivity contribution in [3.63, 3.8) is 0 Å². The zero-order valence-electron chi connectivity index (χ0n) is 8.89. The van der Waals surface area contributed by atoms with Gasteiger partial charge >= 0.3 is 0 Å². The monoisotopic (exact) mass is 244 g/mol. The van der Waals surface area contributed by atoms with Crippen LogP contribution >= 0.6 is 0 Å². The van der Waals surface area contributed by atoms with Gasteiger partial charge in [-0.1, -0.05) is 12.1 Å². The molecule has 0 aliphatic heterocycles. The maximum Gasteiger partial charge on any atom is 0.209 e. The van der Waals surface area contributed by atoms with Gasteiger partial charge in [0.2, 0.25) is 10.0 Å². The molecular formula is C10H16N2O3S. The molecule has 0 aliphatic rings. The van der Waals surface area contributed by atoms with Crippen LogP contribution in [0.15, 0.2) is 24.3 Å². The van der Waals surface area contributed by atoms with E-state index in [-0.39, 0.29) is 11.5 Å². The Morgan fingerprint density at radius 2 is 2.12 bits per heavy atom. The predicted molar refractivity (Wildman–Crippen MR) is 62.4 cm³/mol. The third-order valence-corrected chi connectivity index (χ3v) is 2.88. The molecular weight excluding hydrogens is 228 g/mol. The highest BCUT2D eigenvalue weighted by Gasteiger charge is 2.01. The van der Waals surface area contributed by atoms with Gasteiger partial charge in [-0.2, -0.15) is 0 Å². The van der Waals surface area contributed by atoms with Crippen molar-refractivity contribution in [2.45, 2.75) is 13.0 Å². The summed E-state index contributed by atoms with van der Waals surface area (Å²) >= 11 is 0. The van der Waals surface area contributed by atoms with Gasteiger partial charge in [-0.05, 0) is 30.7 Å². The van der Waals surface area contributed by atoms with Gasteiger partial charge in [-0.3, -0.25) is 0 Å². The maximum absolute atomic E-state index is 10.6. The molecule has 0 saturated carbocycles. The number of hydrogen-bond acceptors (Lipinski definition) is 4. The summed E-state index contributed by atoms with van der Waals surface area (Å²) in [5, 5.41) is 17.1. The molecule has 1 aromatic rings. The Balaban J connectivity index is 2.21. The van der Waals surface area contributed by atoms with E-state index in [1.807, 2.05) is 6.07 Å². The third-order valence-electron chi connectivity index (χ3n) is 2.02. The van der Waals surface area contributed by atoms with Crippen LogP contribution in [0.5, 0.6) is 5.75 Å². The zero-order valence-corrected chi connectivity index (χ0v) is 9.70. The van der Waals surface area contributed by atoms with Crippen molar-refractivity contribution in [3.05, 3.63) is 29.8 Å². The van der Waals surface area contributed by atoms with E-state index in [4.69, 9.17) is 5.14 Å². The van der Waals surface area contributed by atoms with Crippen LogP contribution in [0.3, 0.4) is 0 Å². The molecule has 0 unspecified atom stereocenters. The van der Waals surface area contributed by atoms with E-state index in [2.05, 4.69) is 5.32 Å². The van der Waals surface area contributed by atoms with E-state index < -0.39 is 10.0 Å². The van der Waals surface area contributed by atoms with E-state index in [1.165, 1.54) is 0 Å². The fourth-order valence-electron chi connectivity index (χ4n) is 1.30. The second-order valence-corrected chi connectivity index (χ2v) is 5.30. The van der Waals surface area contributed by atoms with Gasteiger partial charge in [0.25, 0.3) is 0 Å². The SMILES string of the molecule is NS(=O)(=O)CCCNCc1cccc(O)c1. The number of phenols is 1. The van der Waals surface area contributed by atoms with Gasteiger partial charge in [-0.25, -0.2) is 13.6 Å². The summed E-state index contributed by atoms with van der Waals surface area (Å²) in [7, 11) is -3.36. The zero-order chi connectivity index (χ0) is 12.0. The molecule has 0 atom stereocenters. The number of nitrogens with one attached hydrogen (secondary N) is 1. The molecule has 5 nitrogen and oxygen atoms in total. The fourth-order valence-corrected chi connectivity index (χ4v) is 1.84. The normalized spacial score (nSPS) is 11.6. The van der Waals surface area contributed by atoms with Gasteiger partial charge in [-0.15, -0.1) is 0 Å². The lowest BCUT2D eigenvalue weighted by Gasteiger charge is -2.04. The highest BCUT2D eigenvalue weighted by atomic mass is 32.2. The second kappa shape index (κ2) is 5.83. The first-order chi connectivity index (χ1) is 7.47. The van der Waals surface area contributed by atoms with Crippen molar-refractivity contribution in [2.75, 3.05) is 12.3 Å². The Kier molecular flexibility index (Phi) is 4.72. The van der Waals surface area contributed by atoms with Gasteiger partial charge < -0.3 is 10.4 Å². The van der Waals surface area contributed by atoms with Gasteiger partial charge in [0.05, 0.1) is 5.75 Å². The summed E-state index contributed by atoms with van der Waals surface area (Å²) in [4.78, 5) is 0. The molecule has 0 heterocycles. The van der Waals surface area contributed by atoms with Crippen LogP contribution in [-0.2, 0) is 16.6 Å². The van der Waals surface area contributed by atoms with Crippen molar-refractivity contribution in [1.82, 2.24) is 5.32 Å². The molecule has 1 rings (SSSR count). The molecule has 1 aromatic carbocycles. The van der Waals surface area contributed by atoms with Crippen LogP contribution in [-0.4, -0.2) is 25.8 Å². The summed E-state index contributed by atoms with van der Waals surface area (Å²) in [6, 6.07) is 6.90. The summed E-state index contributed by atoms with van der Waals surface area (Å²) in [5.41, 5.74) is 0.954. The predicted octanol–water partition coefficient (Wildman–Crippen LogP) is 0.160. The smallest absolute Gasteiger partial charge is 0.209 e. The minimum atomic E-state index is -3.36. The number of nitrogens with two attached hydrogens (primary N) is 1. The average molecular weight is 244 g/mol. The van der Waals surface area contributed by atoms with Gasteiger partial charge in [0.1, 0.15) is 5.75 Å². The molecule has 6 heteroatoms. The summed E-state index contributed by atoms with van der Waals surface area (Å²) < 4.78 is 21.3. The molecule has 0 bridgehead atoms. The Morgan fingerprint density at radius 3 is 2.75 bits per heavy atom. The largest absolute Gasteiger partial charge is 0.508 e. The van der Waals surface area contributed by atoms with Crippen molar-refractivity contribution in [1.29, 1.82) is 0 Å². The van der Waals surface area contributed by atoms with Crippen LogP contribution < -0.4 is 10.5 Å². The molecule has 0 spiro atoms. The summed E-state index contributed by atoms with van der Waals surface area (Å²) in [6.07, 6.45) is 0.484. The molecule has 0 fully saturated rings. The first-order valence-corrected chi connectivity index (χ1v) is 6.68. The Labute approximate surface area is 95.3 Å². The Hall–Kier alpha value is -1.11. The fraction of sp³-hybridized carbons (Fsp3) is 0.400. The maximum atomic E-state index is 10.6. The lowest BCUT2D eigenvalue weighted by Crippen LogP contribution is -2.21. The van der Waals surface area contributed by atoms with Crippen LogP contribution in [0.2, 0.25) is 0 Å². The van der Waals surface area contributed by atoms with E-state index >= 15 is 0 Å². The molecule has 4 N–H and O–H groups in total. The topological polar surface area (TPSA) is 92.4 Å². The standard InChI is InChI=1S/C10H16N2O3S/c11-16(14,15)6-2-5-12-8-9-3-1-4-10(13)7-9/h1,3-4,7,12-13H,2,5-6,8H2,(H2,11,14,15). The van der Waals surface area contributed by atoms with Crippen LogP contribution in [0.4, 0.5) is 0 Å². The first kappa shape index (κ1) is 13.0. The minimum absolute atomic E-state index is 0.0138. The number of hydrogen-bond donors (Lipinski definition) is 3. The lowest BCUT2D eigenvalue weighted by molar-refractivity contribution is 0.474. The third kappa shape index (κ3) is 5.69. The molecule has 0 radical (unpaired) electrons. The quantitative estimate of drug-likeness (QED) is 0.621. The molecule has 0 saturated heterocycles. The first-order valence-electron chi connectivity index (χ1n) is 4.96. The molecule has 0 aliphatic carbocycles. The summed E-state index contributed by atoms with van der Waals surface area (Å²) in [6.45, 7) is 1.17. The van der Waals surface area contributed by atoms with Crippen LogP contribution in [0.1, 0.15) is 12.0 Å². The Bertz CT molecular complexity index is 431. The van der Waals surface area contributed by atoms with E-state index in [9.17, 15) is 13.5 Å². The lowest BCUT2D eigenvalue weighted by atomic mass is 10.2. The van der Waals surface area contributed by atoms with E-state index in [0.29, 0.717) is 19.5 Å². The van der Waals surface area contributed by atoms with E-state index in [0.717, 1.165) is 5.56 Å².